The summed E-state index contributed by atoms with van der Waals surface area (Å²) in [5.41, 5.74) is 9.52. The molecule has 0 fully saturated rings. The van der Waals surface area contributed by atoms with Gasteiger partial charge >= 0.3 is 0 Å². The zero-order chi connectivity index (χ0) is 23.8. The van der Waals surface area contributed by atoms with Gasteiger partial charge in [-0.15, -0.1) is 0 Å². The maximum absolute atomic E-state index is 14.4. The molecule has 1 aliphatic heterocycles. The number of nitrogen functional groups attached to an aromatic ring is 1. The number of nitrogens with zero attached hydrogens (tertiary/aromatic N) is 2. The topological polar surface area (TPSA) is 109 Å². The lowest BCUT2D eigenvalue weighted by Gasteiger charge is -2.29. The van der Waals surface area contributed by atoms with Crippen LogP contribution in [0.3, 0.4) is 0 Å². The molecule has 7 nitrogen and oxygen atoms in total. The lowest BCUT2D eigenvalue weighted by atomic mass is 9.96. The minimum Gasteiger partial charge on any atom is -0.392 e. The summed E-state index contributed by atoms with van der Waals surface area (Å²) in [4.78, 5) is 31.9. The molecular formula is C25H21FN4O3S. The second-order valence-electron chi connectivity index (χ2n) is 8.09. The predicted octanol–water partition coefficient (Wildman–Crippen LogP) is 3.96. The number of carbonyl (C=O) groups excluding carboxylic acids is 2. The lowest BCUT2D eigenvalue weighted by molar-refractivity contribution is 0.0735. The third-order valence-electron chi connectivity index (χ3n) is 5.92. The van der Waals surface area contributed by atoms with Gasteiger partial charge in [0.1, 0.15) is 0 Å². The number of nitrogens with one attached hydrogen (secondary N) is 1. The second kappa shape index (κ2) is 8.85. The highest BCUT2D eigenvalue weighted by atomic mass is 32.1. The van der Waals surface area contributed by atoms with Crippen LogP contribution in [0.1, 0.15) is 37.4 Å². The summed E-state index contributed by atoms with van der Waals surface area (Å²) < 4.78 is 15.3. The molecule has 0 aliphatic carbocycles. The van der Waals surface area contributed by atoms with E-state index < -0.39 is 18.3 Å². The van der Waals surface area contributed by atoms with Crippen LogP contribution in [0, 0.1) is 5.82 Å². The normalized spacial score (nSPS) is 13.1. The maximum atomic E-state index is 14.4. The molecule has 4 aromatic rings. The number of carbonyl (C=O) groups is 2. The fourth-order valence-electron chi connectivity index (χ4n) is 4.12. The number of aliphatic hydroxyl groups is 1. The molecule has 1 aliphatic rings. The van der Waals surface area contributed by atoms with Crippen LogP contribution in [0.15, 0.2) is 54.6 Å². The van der Waals surface area contributed by atoms with E-state index >= 15 is 0 Å². The van der Waals surface area contributed by atoms with Crippen molar-refractivity contribution in [2.24, 2.45) is 0 Å². The van der Waals surface area contributed by atoms with Gasteiger partial charge in [0.15, 0.2) is 10.9 Å². The number of halogens is 1. The van der Waals surface area contributed by atoms with Crippen LogP contribution in [0.25, 0.3) is 10.2 Å². The van der Waals surface area contributed by atoms with Gasteiger partial charge < -0.3 is 21.1 Å². The molecule has 0 spiro atoms. The first-order valence-corrected chi connectivity index (χ1v) is 11.5. The first-order valence-electron chi connectivity index (χ1n) is 10.7. The molecule has 4 N–H and O–H groups in total. The average molecular weight is 477 g/mol. The van der Waals surface area contributed by atoms with Crippen LogP contribution >= 0.6 is 11.3 Å². The number of nitrogens with two attached hydrogens (primary N) is 1. The van der Waals surface area contributed by atoms with E-state index in [0.29, 0.717) is 35.8 Å². The van der Waals surface area contributed by atoms with Gasteiger partial charge in [-0.3, -0.25) is 9.59 Å². The zero-order valence-corrected chi connectivity index (χ0v) is 18.9. The Bertz CT molecular complexity index is 1440. The number of rotatable bonds is 4. The summed E-state index contributed by atoms with van der Waals surface area (Å²) in [6, 6.07) is 15.1. The number of fused-ring (bicyclic) bond motifs is 2. The smallest absolute Gasteiger partial charge is 0.255 e. The summed E-state index contributed by atoms with van der Waals surface area (Å²) in [5, 5.41) is 12.3. The molecule has 2 heterocycles. The Balaban J connectivity index is 1.35. The molecule has 9 heteroatoms. The van der Waals surface area contributed by atoms with Crippen molar-refractivity contribution in [3.63, 3.8) is 0 Å². The van der Waals surface area contributed by atoms with Crippen LogP contribution < -0.4 is 11.1 Å². The highest BCUT2D eigenvalue weighted by Crippen LogP contribution is 2.27. The monoisotopic (exact) mass is 476 g/mol. The van der Waals surface area contributed by atoms with E-state index in [1.807, 2.05) is 6.07 Å². The zero-order valence-electron chi connectivity index (χ0n) is 18.0. The Morgan fingerprint density at radius 1 is 1.12 bits per heavy atom. The van der Waals surface area contributed by atoms with Gasteiger partial charge in [0.05, 0.1) is 22.5 Å². The molecule has 0 bridgehead atoms. The number of hydrogen-bond acceptors (Lipinski definition) is 6. The van der Waals surface area contributed by atoms with Crippen molar-refractivity contribution in [3.05, 3.63) is 88.2 Å². The van der Waals surface area contributed by atoms with Crippen molar-refractivity contribution in [3.8, 4) is 0 Å². The SMILES string of the molecule is Nc1nc2ccc(C(=O)N3CCc4ccc(C(=O)Nc5cccc(CO)c5F)cc4C3)cc2s1. The number of anilines is 2. The predicted molar refractivity (Wildman–Crippen MR) is 129 cm³/mol. The molecular weight excluding hydrogens is 455 g/mol. The number of aromatic nitrogens is 1. The number of benzene rings is 3. The number of aliphatic hydroxyl groups excluding tert-OH is 1. The van der Waals surface area contributed by atoms with E-state index in [-0.39, 0.29) is 17.2 Å². The Hall–Kier alpha value is -3.82. The molecule has 0 saturated carbocycles. The van der Waals surface area contributed by atoms with Crippen molar-refractivity contribution in [1.29, 1.82) is 0 Å². The minimum absolute atomic E-state index is 0.00479. The molecule has 0 atom stereocenters. The molecule has 1 aromatic heterocycles. The van der Waals surface area contributed by atoms with Gasteiger partial charge in [-0.05, 0) is 53.9 Å². The second-order valence-corrected chi connectivity index (χ2v) is 9.15. The van der Waals surface area contributed by atoms with E-state index in [0.717, 1.165) is 21.3 Å². The number of hydrogen-bond donors (Lipinski definition) is 3. The minimum atomic E-state index is -0.659. The summed E-state index contributed by atoms with van der Waals surface area (Å²) in [6.45, 7) is 0.480. The van der Waals surface area contributed by atoms with Crippen molar-refractivity contribution >= 4 is 44.2 Å². The fraction of sp³-hybridized carbons (Fsp3) is 0.160. The van der Waals surface area contributed by atoms with E-state index in [1.54, 1.807) is 41.3 Å². The highest BCUT2D eigenvalue weighted by molar-refractivity contribution is 7.22. The van der Waals surface area contributed by atoms with E-state index in [9.17, 15) is 19.1 Å². The molecule has 3 aromatic carbocycles. The molecule has 34 heavy (non-hydrogen) atoms. The molecule has 5 rings (SSSR count). The third kappa shape index (κ3) is 4.11. The first kappa shape index (κ1) is 22.0. The summed E-state index contributed by atoms with van der Waals surface area (Å²) >= 11 is 1.34. The first-order chi connectivity index (χ1) is 16.4. The van der Waals surface area contributed by atoms with Crippen LogP contribution in [-0.2, 0) is 19.6 Å². The van der Waals surface area contributed by atoms with E-state index in [4.69, 9.17) is 5.73 Å². The van der Waals surface area contributed by atoms with Crippen molar-refractivity contribution in [1.82, 2.24) is 9.88 Å². The van der Waals surface area contributed by atoms with Gasteiger partial charge in [0.25, 0.3) is 11.8 Å². The maximum Gasteiger partial charge on any atom is 0.255 e. The third-order valence-corrected chi connectivity index (χ3v) is 6.76. The number of amides is 2. The Labute approximate surface area is 198 Å². The van der Waals surface area contributed by atoms with E-state index in [2.05, 4.69) is 10.3 Å². The molecule has 0 unspecified atom stereocenters. The quantitative estimate of drug-likeness (QED) is 0.413. The van der Waals surface area contributed by atoms with Gasteiger partial charge in [-0.25, -0.2) is 9.37 Å². The van der Waals surface area contributed by atoms with Crippen molar-refractivity contribution in [2.75, 3.05) is 17.6 Å². The number of thiazole rings is 1. The molecule has 0 radical (unpaired) electrons. The van der Waals surface area contributed by atoms with Crippen LogP contribution in [0.4, 0.5) is 15.2 Å². The van der Waals surface area contributed by atoms with E-state index in [1.165, 1.54) is 23.5 Å². The van der Waals surface area contributed by atoms with Crippen molar-refractivity contribution in [2.45, 2.75) is 19.6 Å². The van der Waals surface area contributed by atoms with Crippen LogP contribution in [-0.4, -0.2) is 33.3 Å². The average Bonchev–Trinajstić information content (AvgIpc) is 3.23. The van der Waals surface area contributed by atoms with Gasteiger partial charge in [0, 0.05) is 29.8 Å². The Morgan fingerprint density at radius 2 is 1.94 bits per heavy atom. The molecule has 2 amide bonds. The largest absolute Gasteiger partial charge is 0.392 e. The Morgan fingerprint density at radius 3 is 2.76 bits per heavy atom. The lowest BCUT2D eigenvalue weighted by Crippen LogP contribution is -2.36. The van der Waals surface area contributed by atoms with Gasteiger partial charge in [-0.1, -0.05) is 29.5 Å². The summed E-state index contributed by atoms with van der Waals surface area (Å²) in [6.07, 6.45) is 0.673. The Kier molecular flexibility index (Phi) is 5.72. The van der Waals surface area contributed by atoms with Crippen LogP contribution in [0.5, 0.6) is 0 Å². The summed E-state index contributed by atoms with van der Waals surface area (Å²) in [5.74, 6) is -1.22. The van der Waals surface area contributed by atoms with Gasteiger partial charge in [0.2, 0.25) is 0 Å². The standard InChI is InChI=1S/C25H21FN4O3S/c26-22-17(13-31)2-1-3-20(22)28-23(32)15-5-4-14-8-9-30(12-18(14)10-15)24(33)16-6-7-19-21(11-16)34-25(27)29-19/h1-7,10-11,31H,8-9,12-13H2,(H2,27,29)(H,28,32). The fourth-order valence-corrected chi connectivity index (χ4v) is 4.90. The van der Waals surface area contributed by atoms with Crippen LogP contribution in [0.2, 0.25) is 0 Å². The molecule has 172 valence electrons. The summed E-state index contributed by atoms with van der Waals surface area (Å²) in [7, 11) is 0. The van der Waals surface area contributed by atoms with Gasteiger partial charge in [-0.2, -0.15) is 0 Å². The molecule has 0 saturated heterocycles. The highest BCUT2D eigenvalue weighted by Gasteiger charge is 2.23. The van der Waals surface area contributed by atoms with Crippen molar-refractivity contribution < 1.29 is 19.1 Å².